The molecule has 3 aromatic rings. The summed E-state index contributed by atoms with van der Waals surface area (Å²) < 4.78 is 1.75. The zero-order valence-corrected chi connectivity index (χ0v) is 14.9. The Kier molecular flexibility index (Phi) is 3.54. The first-order valence-electron chi connectivity index (χ1n) is 7.67. The van der Waals surface area contributed by atoms with Gasteiger partial charge in [-0.2, -0.15) is 5.10 Å². The van der Waals surface area contributed by atoms with E-state index in [1.54, 1.807) is 28.2 Å². The highest BCUT2D eigenvalue weighted by molar-refractivity contribution is 7.13. The summed E-state index contributed by atoms with van der Waals surface area (Å²) in [5.74, 6) is 0.710. The number of carbonyl (C=O) groups is 1. The molecule has 0 N–H and O–H groups in total. The molecule has 7 heteroatoms. The zero-order chi connectivity index (χ0) is 16.9. The maximum absolute atomic E-state index is 12.7. The molecule has 0 amide bonds. The van der Waals surface area contributed by atoms with E-state index in [0.29, 0.717) is 23.0 Å². The van der Waals surface area contributed by atoms with Gasteiger partial charge in [0.15, 0.2) is 16.8 Å². The highest BCUT2D eigenvalue weighted by Gasteiger charge is 2.39. The normalized spacial score (nSPS) is 16.2. The fraction of sp³-hybridized carbons (Fsp3) is 0.294. The lowest BCUT2D eigenvalue weighted by molar-refractivity contribution is 0.0956. The lowest BCUT2D eigenvalue weighted by Crippen LogP contribution is -2.29. The summed E-state index contributed by atoms with van der Waals surface area (Å²) in [5.41, 5.74) is 2.17. The quantitative estimate of drug-likeness (QED) is 0.685. The monoisotopic (exact) mass is 358 g/mol. The number of ketones is 1. The van der Waals surface area contributed by atoms with E-state index in [2.05, 4.69) is 24.0 Å². The van der Waals surface area contributed by atoms with Crippen LogP contribution in [-0.2, 0) is 5.41 Å². The smallest absolute Gasteiger partial charge is 0.176 e. The van der Waals surface area contributed by atoms with Crippen LogP contribution in [0.1, 0.15) is 42.7 Å². The molecule has 0 spiro atoms. The van der Waals surface area contributed by atoms with Gasteiger partial charge in [-0.25, -0.2) is 4.68 Å². The van der Waals surface area contributed by atoms with Gasteiger partial charge >= 0.3 is 0 Å². The third-order valence-electron chi connectivity index (χ3n) is 4.37. The molecule has 0 fully saturated rings. The number of thiophene rings is 1. The highest BCUT2D eigenvalue weighted by atomic mass is 35.5. The third-order valence-corrected chi connectivity index (χ3v) is 5.45. The SMILES string of the molecule is CC1(C)CCC(=O)c2c(-c3cccs3)nn(-c3ccc(Cl)nn3)c21. The minimum atomic E-state index is -0.174. The Morgan fingerprint density at radius 1 is 1.25 bits per heavy atom. The first kappa shape index (κ1) is 15.5. The van der Waals surface area contributed by atoms with Gasteiger partial charge in [0.1, 0.15) is 5.69 Å². The van der Waals surface area contributed by atoms with Crippen molar-refractivity contribution in [2.24, 2.45) is 0 Å². The highest BCUT2D eigenvalue weighted by Crippen LogP contribution is 2.42. The Hall–Kier alpha value is -2.05. The summed E-state index contributed by atoms with van der Waals surface area (Å²) >= 11 is 7.43. The van der Waals surface area contributed by atoms with Crippen molar-refractivity contribution >= 4 is 28.7 Å². The number of carbonyl (C=O) groups excluding carboxylic acids is 1. The molecule has 3 aromatic heterocycles. The molecular weight excluding hydrogens is 344 g/mol. The van der Waals surface area contributed by atoms with Crippen molar-refractivity contribution in [3.63, 3.8) is 0 Å². The van der Waals surface area contributed by atoms with Crippen molar-refractivity contribution in [2.75, 3.05) is 0 Å². The molecule has 0 aliphatic heterocycles. The van der Waals surface area contributed by atoms with Crippen LogP contribution in [0.5, 0.6) is 0 Å². The maximum Gasteiger partial charge on any atom is 0.176 e. The number of nitrogens with zero attached hydrogens (tertiary/aromatic N) is 4. The molecule has 4 rings (SSSR count). The summed E-state index contributed by atoms with van der Waals surface area (Å²) in [6, 6.07) is 7.41. The van der Waals surface area contributed by atoms with Gasteiger partial charge in [0.2, 0.25) is 0 Å². The first-order valence-corrected chi connectivity index (χ1v) is 8.93. The number of hydrogen-bond acceptors (Lipinski definition) is 5. The number of Topliss-reactive ketones (excluding diaryl/α,β-unsaturated/α-hetero) is 1. The molecule has 0 radical (unpaired) electrons. The minimum Gasteiger partial charge on any atom is -0.294 e. The van der Waals surface area contributed by atoms with Gasteiger partial charge in [0.05, 0.1) is 16.1 Å². The number of fused-ring (bicyclic) bond motifs is 1. The molecule has 5 nitrogen and oxygen atoms in total. The van der Waals surface area contributed by atoms with Crippen molar-refractivity contribution in [3.8, 4) is 16.4 Å². The predicted octanol–water partition coefficient (Wildman–Crippen LogP) is 4.30. The second-order valence-corrected chi connectivity index (χ2v) is 7.82. The third kappa shape index (κ3) is 2.37. The summed E-state index contributed by atoms with van der Waals surface area (Å²) in [6.07, 6.45) is 1.33. The fourth-order valence-corrected chi connectivity index (χ4v) is 3.97. The molecule has 0 bridgehead atoms. The summed E-state index contributed by atoms with van der Waals surface area (Å²) in [4.78, 5) is 13.7. The number of rotatable bonds is 2. The van der Waals surface area contributed by atoms with Crippen LogP contribution in [0.25, 0.3) is 16.4 Å². The lowest BCUT2D eigenvalue weighted by atomic mass is 9.75. The summed E-state index contributed by atoms with van der Waals surface area (Å²) in [6.45, 7) is 4.27. The van der Waals surface area contributed by atoms with Gasteiger partial charge in [-0.1, -0.05) is 31.5 Å². The van der Waals surface area contributed by atoms with E-state index in [0.717, 1.165) is 22.7 Å². The molecule has 0 unspecified atom stereocenters. The lowest BCUT2D eigenvalue weighted by Gasteiger charge is -2.30. The minimum absolute atomic E-state index is 0.140. The van der Waals surface area contributed by atoms with E-state index in [4.69, 9.17) is 16.7 Å². The van der Waals surface area contributed by atoms with Crippen LogP contribution in [-0.4, -0.2) is 25.8 Å². The zero-order valence-electron chi connectivity index (χ0n) is 13.3. The molecule has 1 aliphatic rings. The molecule has 24 heavy (non-hydrogen) atoms. The van der Waals surface area contributed by atoms with Gasteiger partial charge < -0.3 is 0 Å². The molecule has 1 aliphatic carbocycles. The maximum atomic E-state index is 12.7. The van der Waals surface area contributed by atoms with Crippen LogP contribution >= 0.6 is 22.9 Å². The van der Waals surface area contributed by atoms with Gasteiger partial charge in [0, 0.05) is 11.8 Å². The van der Waals surface area contributed by atoms with E-state index in [1.165, 1.54) is 0 Å². The predicted molar refractivity (Wildman–Crippen MR) is 94.1 cm³/mol. The molecule has 122 valence electrons. The summed E-state index contributed by atoms with van der Waals surface area (Å²) in [5, 5.41) is 15.1. The number of hydrogen-bond donors (Lipinski definition) is 0. The Labute approximate surface area is 148 Å². The van der Waals surface area contributed by atoms with Crippen LogP contribution in [0, 0.1) is 0 Å². The molecule has 0 atom stereocenters. The molecule has 0 saturated heterocycles. The van der Waals surface area contributed by atoms with Crippen LogP contribution in [0.15, 0.2) is 29.6 Å². The van der Waals surface area contributed by atoms with E-state index in [9.17, 15) is 4.79 Å². The fourth-order valence-electron chi connectivity index (χ4n) is 3.15. The van der Waals surface area contributed by atoms with Crippen molar-refractivity contribution in [3.05, 3.63) is 46.1 Å². The van der Waals surface area contributed by atoms with E-state index >= 15 is 0 Å². The van der Waals surface area contributed by atoms with Crippen LogP contribution < -0.4 is 0 Å². The van der Waals surface area contributed by atoms with Gasteiger partial charge in [0.25, 0.3) is 0 Å². The average molecular weight is 359 g/mol. The van der Waals surface area contributed by atoms with E-state index < -0.39 is 0 Å². The molecule has 0 aromatic carbocycles. The Morgan fingerprint density at radius 2 is 2.08 bits per heavy atom. The number of aromatic nitrogens is 4. The topological polar surface area (TPSA) is 60.7 Å². The molecule has 0 saturated carbocycles. The van der Waals surface area contributed by atoms with Crippen molar-refractivity contribution in [1.29, 1.82) is 0 Å². The van der Waals surface area contributed by atoms with Crippen LogP contribution in [0.3, 0.4) is 0 Å². The largest absolute Gasteiger partial charge is 0.294 e. The standard InChI is InChI=1S/C17H15ClN4OS/c1-17(2)8-7-10(23)14-15(11-4-3-9-24-11)21-22(16(14)17)13-6-5-12(18)19-20-13/h3-6,9H,7-8H2,1-2H3. The summed E-state index contributed by atoms with van der Waals surface area (Å²) in [7, 11) is 0. The van der Waals surface area contributed by atoms with Crippen molar-refractivity contribution in [1.82, 2.24) is 20.0 Å². The van der Waals surface area contributed by atoms with E-state index in [-0.39, 0.29) is 11.2 Å². The van der Waals surface area contributed by atoms with Crippen LogP contribution in [0.2, 0.25) is 5.15 Å². The second-order valence-electron chi connectivity index (χ2n) is 6.48. The van der Waals surface area contributed by atoms with Gasteiger partial charge in [-0.15, -0.1) is 21.5 Å². The second kappa shape index (κ2) is 5.50. The van der Waals surface area contributed by atoms with Gasteiger partial charge in [-0.3, -0.25) is 4.79 Å². The van der Waals surface area contributed by atoms with Crippen LogP contribution in [0.4, 0.5) is 0 Å². The number of halogens is 1. The van der Waals surface area contributed by atoms with E-state index in [1.807, 2.05) is 17.5 Å². The Bertz CT molecular complexity index is 913. The molecule has 3 heterocycles. The Morgan fingerprint density at radius 3 is 2.75 bits per heavy atom. The van der Waals surface area contributed by atoms with Crippen molar-refractivity contribution < 1.29 is 4.79 Å². The van der Waals surface area contributed by atoms with Crippen molar-refractivity contribution in [2.45, 2.75) is 32.1 Å². The average Bonchev–Trinajstić information content (AvgIpc) is 3.20. The Balaban J connectivity index is 2.02. The molecular formula is C17H15ClN4OS. The first-order chi connectivity index (χ1) is 11.5. The van der Waals surface area contributed by atoms with Gasteiger partial charge in [-0.05, 0) is 30.0 Å².